The molecule has 0 saturated carbocycles. The van der Waals surface area contributed by atoms with Gasteiger partial charge in [-0.3, -0.25) is 9.48 Å². The molecule has 1 heterocycles. The number of hydrogen-bond donors (Lipinski definition) is 0. The van der Waals surface area contributed by atoms with Gasteiger partial charge in [0, 0.05) is 6.20 Å². The first-order chi connectivity index (χ1) is 7.63. The fourth-order valence-corrected chi connectivity index (χ4v) is 1.47. The Morgan fingerprint density at radius 3 is 2.75 bits per heavy atom. The number of carbonyl (C=O) groups is 2. The van der Waals surface area contributed by atoms with Gasteiger partial charge in [-0.1, -0.05) is 6.92 Å². The summed E-state index contributed by atoms with van der Waals surface area (Å²) in [7, 11) is 0. The molecular weight excluding hydrogens is 208 g/mol. The van der Waals surface area contributed by atoms with Crippen LogP contribution in [0.3, 0.4) is 0 Å². The molecule has 0 aliphatic rings. The van der Waals surface area contributed by atoms with Gasteiger partial charge in [-0.05, 0) is 25.8 Å². The van der Waals surface area contributed by atoms with Crippen LogP contribution in [-0.4, -0.2) is 28.6 Å². The lowest BCUT2D eigenvalue weighted by Crippen LogP contribution is -2.22. The van der Waals surface area contributed by atoms with Crippen molar-refractivity contribution >= 4 is 12.3 Å². The van der Waals surface area contributed by atoms with Crippen LogP contribution in [0.1, 0.15) is 42.4 Å². The van der Waals surface area contributed by atoms with Gasteiger partial charge in [0.1, 0.15) is 11.7 Å². The van der Waals surface area contributed by atoms with E-state index in [1.807, 2.05) is 6.92 Å². The molecule has 0 spiro atoms. The second-order valence-corrected chi connectivity index (χ2v) is 3.47. The number of rotatable bonds is 5. The third kappa shape index (κ3) is 2.48. The third-order valence-electron chi connectivity index (χ3n) is 2.33. The Labute approximate surface area is 94.4 Å². The molecule has 88 valence electrons. The Bertz CT molecular complexity index is 385. The zero-order valence-corrected chi connectivity index (χ0v) is 9.77. The summed E-state index contributed by atoms with van der Waals surface area (Å²) in [5, 5.41) is 4.05. The number of aldehydes is 1. The number of ether oxygens (including phenoxy) is 1. The normalized spacial score (nSPS) is 12.2. The summed E-state index contributed by atoms with van der Waals surface area (Å²) in [6.07, 6.45) is 2.96. The maximum absolute atomic E-state index is 11.6. The van der Waals surface area contributed by atoms with Gasteiger partial charge < -0.3 is 4.74 Å². The number of aromatic nitrogens is 2. The SMILES string of the molecule is CCOC(=O)C(CC)n1cc(C)c(C=O)n1. The van der Waals surface area contributed by atoms with Crippen LogP contribution < -0.4 is 0 Å². The second-order valence-electron chi connectivity index (χ2n) is 3.47. The van der Waals surface area contributed by atoms with E-state index in [-0.39, 0.29) is 5.97 Å². The van der Waals surface area contributed by atoms with Gasteiger partial charge in [0.25, 0.3) is 0 Å². The molecule has 5 nitrogen and oxygen atoms in total. The molecule has 0 aromatic carbocycles. The summed E-state index contributed by atoms with van der Waals surface area (Å²) in [4.78, 5) is 22.3. The summed E-state index contributed by atoms with van der Waals surface area (Å²) in [5.41, 5.74) is 1.13. The lowest BCUT2D eigenvalue weighted by molar-refractivity contribution is -0.147. The van der Waals surface area contributed by atoms with Crippen LogP contribution in [-0.2, 0) is 9.53 Å². The molecule has 0 radical (unpaired) electrons. The highest BCUT2D eigenvalue weighted by molar-refractivity contribution is 5.76. The van der Waals surface area contributed by atoms with Crippen molar-refractivity contribution in [2.24, 2.45) is 0 Å². The van der Waals surface area contributed by atoms with Gasteiger partial charge in [0.15, 0.2) is 6.29 Å². The quantitative estimate of drug-likeness (QED) is 0.562. The summed E-state index contributed by atoms with van der Waals surface area (Å²) in [6.45, 7) is 5.76. The molecule has 0 aliphatic heterocycles. The standard InChI is InChI=1S/C11H16N2O3/c1-4-10(11(15)16-5-2)13-6-8(3)9(7-14)12-13/h6-7,10H,4-5H2,1-3H3. The van der Waals surface area contributed by atoms with Gasteiger partial charge in [-0.2, -0.15) is 5.10 Å². The highest BCUT2D eigenvalue weighted by atomic mass is 16.5. The van der Waals surface area contributed by atoms with Gasteiger partial charge >= 0.3 is 5.97 Å². The molecule has 1 unspecified atom stereocenters. The molecule has 0 aliphatic carbocycles. The summed E-state index contributed by atoms with van der Waals surface area (Å²) < 4.78 is 6.44. The summed E-state index contributed by atoms with van der Waals surface area (Å²) >= 11 is 0. The Hall–Kier alpha value is -1.65. The van der Waals surface area contributed by atoms with Crippen LogP contribution in [0.15, 0.2) is 6.20 Å². The molecule has 1 aromatic heterocycles. The zero-order chi connectivity index (χ0) is 12.1. The molecular formula is C11H16N2O3. The molecule has 0 amide bonds. The van der Waals surface area contributed by atoms with E-state index in [1.54, 1.807) is 20.0 Å². The average molecular weight is 224 g/mol. The summed E-state index contributed by atoms with van der Waals surface area (Å²) in [5.74, 6) is -0.315. The number of esters is 1. The molecule has 1 atom stereocenters. The molecule has 16 heavy (non-hydrogen) atoms. The number of aryl methyl sites for hydroxylation is 1. The fourth-order valence-electron chi connectivity index (χ4n) is 1.47. The first-order valence-corrected chi connectivity index (χ1v) is 5.31. The van der Waals surface area contributed by atoms with Crippen LogP contribution in [0, 0.1) is 6.92 Å². The van der Waals surface area contributed by atoms with Gasteiger partial charge in [0.2, 0.25) is 0 Å². The van der Waals surface area contributed by atoms with Crippen molar-refractivity contribution in [3.05, 3.63) is 17.5 Å². The first kappa shape index (κ1) is 12.4. The van der Waals surface area contributed by atoms with E-state index in [0.717, 1.165) is 5.56 Å². The van der Waals surface area contributed by atoms with Crippen LogP contribution >= 0.6 is 0 Å². The van der Waals surface area contributed by atoms with Crippen LogP contribution in [0.4, 0.5) is 0 Å². The van der Waals surface area contributed by atoms with Crippen molar-refractivity contribution in [1.82, 2.24) is 9.78 Å². The Kier molecular flexibility index (Phi) is 4.22. The maximum atomic E-state index is 11.6. The van der Waals surface area contributed by atoms with Crippen molar-refractivity contribution in [2.75, 3.05) is 6.61 Å². The van der Waals surface area contributed by atoms with E-state index in [2.05, 4.69) is 5.10 Å². The van der Waals surface area contributed by atoms with Crippen LogP contribution in [0.25, 0.3) is 0 Å². The van der Waals surface area contributed by atoms with E-state index in [0.29, 0.717) is 25.0 Å². The fraction of sp³-hybridized carbons (Fsp3) is 0.545. The minimum Gasteiger partial charge on any atom is -0.464 e. The number of hydrogen-bond acceptors (Lipinski definition) is 4. The lowest BCUT2D eigenvalue weighted by atomic mass is 10.2. The van der Waals surface area contributed by atoms with E-state index in [9.17, 15) is 9.59 Å². The summed E-state index contributed by atoms with van der Waals surface area (Å²) in [6, 6.07) is -0.452. The second kappa shape index (κ2) is 5.44. The van der Waals surface area contributed by atoms with Crippen LogP contribution in [0.2, 0.25) is 0 Å². The van der Waals surface area contributed by atoms with Gasteiger partial charge in [0.05, 0.1) is 6.61 Å². The molecule has 0 N–H and O–H groups in total. The lowest BCUT2D eigenvalue weighted by Gasteiger charge is -2.13. The van der Waals surface area contributed by atoms with Crippen molar-refractivity contribution in [3.8, 4) is 0 Å². The van der Waals surface area contributed by atoms with Gasteiger partial charge in [-0.25, -0.2) is 4.79 Å². The predicted octanol–water partition coefficient (Wildman–Crippen LogP) is 1.52. The minimum atomic E-state index is -0.452. The van der Waals surface area contributed by atoms with Crippen LogP contribution in [0.5, 0.6) is 0 Å². The predicted molar refractivity (Wildman–Crippen MR) is 58.3 cm³/mol. The number of nitrogens with zero attached hydrogens (tertiary/aromatic N) is 2. The van der Waals surface area contributed by atoms with Crippen molar-refractivity contribution in [1.29, 1.82) is 0 Å². The van der Waals surface area contributed by atoms with Crippen molar-refractivity contribution < 1.29 is 14.3 Å². The first-order valence-electron chi connectivity index (χ1n) is 5.31. The monoisotopic (exact) mass is 224 g/mol. The molecule has 1 aromatic rings. The molecule has 0 bridgehead atoms. The van der Waals surface area contributed by atoms with E-state index >= 15 is 0 Å². The molecule has 5 heteroatoms. The highest BCUT2D eigenvalue weighted by Crippen LogP contribution is 2.15. The molecule has 0 saturated heterocycles. The Morgan fingerprint density at radius 1 is 1.62 bits per heavy atom. The number of carbonyl (C=O) groups excluding carboxylic acids is 2. The highest BCUT2D eigenvalue weighted by Gasteiger charge is 2.21. The maximum Gasteiger partial charge on any atom is 0.330 e. The topological polar surface area (TPSA) is 61.2 Å². The Balaban J connectivity index is 2.94. The molecule has 1 rings (SSSR count). The zero-order valence-electron chi connectivity index (χ0n) is 9.77. The Morgan fingerprint density at radius 2 is 2.31 bits per heavy atom. The average Bonchev–Trinajstić information content (AvgIpc) is 2.61. The smallest absolute Gasteiger partial charge is 0.330 e. The van der Waals surface area contributed by atoms with Crippen molar-refractivity contribution in [2.45, 2.75) is 33.2 Å². The largest absolute Gasteiger partial charge is 0.464 e. The third-order valence-corrected chi connectivity index (χ3v) is 2.33. The van der Waals surface area contributed by atoms with Gasteiger partial charge in [-0.15, -0.1) is 0 Å². The minimum absolute atomic E-state index is 0.315. The van der Waals surface area contributed by atoms with Crippen molar-refractivity contribution in [3.63, 3.8) is 0 Å². The van der Waals surface area contributed by atoms with E-state index < -0.39 is 6.04 Å². The van der Waals surface area contributed by atoms with E-state index in [1.165, 1.54) is 4.68 Å². The molecule has 0 fully saturated rings. The van der Waals surface area contributed by atoms with E-state index in [4.69, 9.17) is 4.74 Å².